The minimum absolute atomic E-state index is 0.347. The van der Waals surface area contributed by atoms with Crippen molar-refractivity contribution < 1.29 is 0 Å². The lowest BCUT2D eigenvalue weighted by atomic mass is 9.82. The summed E-state index contributed by atoms with van der Waals surface area (Å²) in [5, 5.41) is 3.71. The molecule has 2 aliphatic rings. The highest BCUT2D eigenvalue weighted by atomic mass is 15.1. The van der Waals surface area contributed by atoms with Gasteiger partial charge < -0.3 is 15.2 Å². The van der Waals surface area contributed by atoms with Gasteiger partial charge in [0, 0.05) is 36.6 Å². The molecule has 2 unspecified atom stereocenters. The third-order valence-electron chi connectivity index (χ3n) is 5.83. The summed E-state index contributed by atoms with van der Waals surface area (Å²) in [5.41, 5.74) is 8.46. The summed E-state index contributed by atoms with van der Waals surface area (Å²) >= 11 is 0. The number of rotatable bonds is 5. The van der Waals surface area contributed by atoms with Crippen LogP contribution in [-0.4, -0.2) is 23.5 Å². The molecule has 3 heteroatoms. The van der Waals surface area contributed by atoms with Gasteiger partial charge in [0.15, 0.2) is 0 Å². The lowest BCUT2D eigenvalue weighted by Gasteiger charge is -2.25. The summed E-state index contributed by atoms with van der Waals surface area (Å²) in [4.78, 5) is 6.00. The zero-order chi connectivity index (χ0) is 18.1. The Bertz CT molecular complexity index is 829. The van der Waals surface area contributed by atoms with E-state index in [0.717, 1.165) is 19.5 Å². The van der Waals surface area contributed by atoms with Gasteiger partial charge in [-0.1, -0.05) is 43.3 Å². The van der Waals surface area contributed by atoms with E-state index in [1.807, 2.05) is 0 Å². The number of fused-ring (bicyclic) bond motifs is 3. The predicted octanol–water partition coefficient (Wildman–Crippen LogP) is 5.06. The molecule has 2 N–H and O–H groups in total. The number of hydrogen-bond donors (Lipinski definition) is 2. The molecule has 3 nitrogen and oxygen atoms in total. The molecule has 1 aromatic heterocycles. The number of benzene rings is 1. The third-order valence-corrected chi connectivity index (χ3v) is 5.83. The molecule has 1 aromatic carbocycles. The number of hydrogen-bond acceptors (Lipinski definition) is 2. The van der Waals surface area contributed by atoms with E-state index in [0.29, 0.717) is 12.0 Å². The lowest BCUT2D eigenvalue weighted by molar-refractivity contribution is 0.442. The summed E-state index contributed by atoms with van der Waals surface area (Å²) in [6, 6.07) is 11.0. The topological polar surface area (TPSA) is 31.1 Å². The summed E-state index contributed by atoms with van der Waals surface area (Å²) in [7, 11) is 2.14. The SMILES string of the molecule is CCC1CC=C(CNC(C)c2ccccc2)c2[nH]c3c(c21)C=CN(C)C3. The molecular formula is C23H29N3. The van der Waals surface area contributed by atoms with Crippen molar-refractivity contribution in [1.82, 2.24) is 15.2 Å². The summed E-state index contributed by atoms with van der Waals surface area (Å²) < 4.78 is 0. The molecular weight excluding hydrogens is 318 g/mol. The minimum atomic E-state index is 0.347. The minimum Gasteiger partial charge on any atom is -0.375 e. The fraction of sp³-hybridized carbons (Fsp3) is 0.391. The van der Waals surface area contributed by atoms with Crippen LogP contribution in [-0.2, 0) is 6.54 Å². The standard InChI is InChI=1S/C23H29N3/c1-4-17-10-11-19(14-24-16(2)18-8-6-5-7-9-18)23-22(17)20-12-13-26(3)15-21(20)25-23/h5-9,11-13,16-17,24-25H,4,10,14-15H2,1-3H3. The van der Waals surface area contributed by atoms with Crippen molar-refractivity contribution in [3.63, 3.8) is 0 Å². The fourth-order valence-corrected chi connectivity index (χ4v) is 4.24. The maximum atomic E-state index is 3.76. The summed E-state index contributed by atoms with van der Waals surface area (Å²) in [5.74, 6) is 0.633. The van der Waals surface area contributed by atoms with Gasteiger partial charge in [0.25, 0.3) is 0 Å². The highest BCUT2D eigenvalue weighted by molar-refractivity contribution is 5.76. The van der Waals surface area contributed by atoms with Crippen molar-refractivity contribution >= 4 is 11.6 Å². The first-order valence-corrected chi connectivity index (χ1v) is 9.78. The zero-order valence-electron chi connectivity index (χ0n) is 16.0. The molecule has 0 saturated heterocycles. The quantitative estimate of drug-likeness (QED) is 0.792. The second-order valence-corrected chi connectivity index (χ2v) is 7.62. The second-order valence-electron chi connectivity index (χ2n) is 7.62. The first kappa shape index (κ1) is 17.2. The van der Waals surface area contributed by atoms with E-state index >= 15 is 0 Å². The van der Waals surface area contributed by atoms with Gasteiger partial charge in [-0.05, 0) is 54.7 Å². The van der Waals surface area contributed by atoms with Crippen molar-refractivity contribution in [1.29, 1.82) is 0 Å². The highest BCUT2D eigenvalue weighted by Gasteiger charge is 2.28. The average molecular weight is 348 g/mol. The van der Waals surface area contributed by atoms with Crippen LogP contribution >= 0.6 is 0 Å². The lowest BCUT2D eigenvalue weighted by Crippen LogP contribution is -2.22. The van der Waals surface area contributed by atoms with E-state index in [2.05, 4.69) is 84.8 Å². The Morgan fingerprint density at radius 3 is 2.85 bits per heavy atom. The Hall–Kier alpha value is -2.26. The number of nitrogens with zero attached hydrogens (tertiary/aromatic N) is 1. The van der Waals surface area contributed by atoms with Gasteiger partial charge in [0.2, 0.25) is 0 Å². The number of aromatic amines is 1. The van der Waals surface area contributed by atoms with Crippen molar-refractivity contribution in [3.8, 4) is 0 Å². The van der Waals surface area contributed by atoms with E-state index in [1.165, 1.54) is 34.5 Å². The molecule has 0 spiro atoms. The molecule has 2 atom stereocenters. The van der Waals surface area contributed by atoms with Crippen molar-refractivity contribution in [3.05, 3.63) is 70.7 Å². The highest BCUT2D eigenvalue weighted by Crippen LogP contribution is 2.41. The van der Waals surface area contributed by atoms with E-state index in [4.69, 9.17) is 0 Å². The molecule has 0 radical (unpaired) electrons. The largest absolute Gasteiger partial charge is 0.375 e. The Balaban J connectivity index is 1.58. The summed E-state index contributed by atoms with van der Waals surface area (Å²) in [6.45, 7) is 6.42. The molecule has 136 valence electrons. The Kier molecular flexibility index (Phi) is 4.73. The molecule has 26 heavy (non-hydrogen) atoms. The van der Waals surface area contributed by atoms with Gasteiger partial charge in [0.05, 0.1) is 6.54 Å². The second kappa shape index (κ2) is 7.16. The first-order valence-electron chi connectivity index (χ1n) is 9.78. The molecule has 2 heterocycles. The average Bonchev–Trinajstić information content (AvgIpc) is 3.05. The van der Waals surface area contributed by atoms with Crippen LogP contribution in [0, 0.1) is 0 Å². The van der Waals surface area contributed by atoms with Crippen LogP contribution in [0.25, 0.3) is 11.6 Å². The molecule has 4 rings (SSSR count). The van der Waals surface area contributed by atoms with Crippen LogP contribution in [0.5, 0.6) is 0 Å². The maximum Gasteiger partial charge on any atom is 0.0577 e. The maximum absolute atomic E-state index is 3.76. The van der Waals surface area contributed by atoms with Crippen LogP contribution in [0.15, 0.2) is 42.6 Å². The van der Waals surface area contributed by atoms with Crippen molar-refractivity contribution in [2.45, 2.75) is 45.2 Å². The Morgan fingerprint density at radius 2 is 2.08 bits per heavy atom. The smallest absolute Gasteiger partial charge is 0.0577 e. The van der Waals surface area contributed by atoms with Crippen LogP contribution in [0.2, 0.25) is 0 Å². The van der Waals surface area contributed by atoms with Gasteiger partial charge in [0.1, 0.15) is 0 Å². The van der Waals surface area contributed by atoms with Crippen LogP contribution in [0.3, 0.4) is 0 Å². The van der Waals surface area contributed by atoms with Gasteiger partial charge >= 0.3 is 0 Å². The Morgan fingerprint density at radius 1 is 1.27 bits per heavy atom. The van der Waals surface area contributed by atoms with E-state index < -0.39 is 0 Å². The van der Waals surface area contributed by atoms with E-state index in [9.17, 15) is 0 Å². The molecule has 2 aromatic rings. The predicted molar refractivity (Wildman–Crippen MR) is 110 cm³/mol. The van der Waals surface area contributed by atoms with E-state index in [1.54, 1.807) is 5.56 Å². The van der Waals surface area contributed by atoms with Crippen molar-refractivity contribution in [2.75, 3.05) is 13.6 Å². The zero-order valence-corrected chi connectivity index (χ0v) is 16.0. The van der Waals surface area contributed by atoms with Gasteiger partial charge in [-0.2, -0.15) is 0 Å². The molecule has 0 fully saturated rings. The molecule has 1 aliphatic heterocycles. The monoisotopic (exact) mass is 347 g/mol. The number of allylic oxidation sites excluding steroid dienone is 1. The molecule has 0 saturated carbocycles. The third kappa shape index (κ3) is 3.12. The van der Waals surface area contributed by atoms with Gasteiger partial charge in [-0.3, -0.25) is 0 Å². The first-order chi connectivity index (χ1) is 12.7. The van der Waals surface area contributed by atoms with Gasteiger partial charge in [-0.25, -0.2) is 0 Å². The van der Waals surface area contributed by atoms with Crippen LogP contribution < -0.4 is 5.32 Å². The van der Waals surface area contributed by atoms with Crippen molar-refractivity contribution in [2.24, 2.45) is 0 Å². The van der Waals surface area contributed by atoms with Crippen LogP contribution in [0.4, 0.5) is 0 Å². The van der Waals surface area contributed by atoms with Gasteiger partial charge in [-0.15, -0.1) is 0 Å². The summed E-state index contributed by atoms with van der Waals surface area (Å²) in [6.07, 6.45) is 9.28. The van der Waals surface area contributed by atoms with Crippen LogP contribution in [0.1, 0.15) is 66.7 Å². The van der Waals surface area contributed by atoms with E-state index in [-0.39, 0.29) is 0 Å². The normalized spacial score (nSPS) is 19.7. The number of nitrogens with one attached hydrogen (secondary N) is 2. The Labute approximate surface area is 156 Å². The molecule has 1 aliphatic carbocycles. The molecule has 0 amide bonds. The number of aromatic nitrogens is 1. The number of H-pyrrole nitrogens is 1. The fourth-order valence-electron chi connectivity index (χ4n) is 4.24. The molecule has 0 bridgehead atoms.